The lowest BCUT2D eigenvalue weighted by molar-refractivity contribution is -0.137. The van der Waals surface area contributed by atoms with E-state index < -0.39 is 5.97 Å². The SMILES string of the molecule is COc1ccc(CNC(=O)NCCCC(=O)O)cn1. The topological polar surface area (TPSA) is 101 Å². The summed E-state index contributed by atoms with van der Waals surface area (Å²) in [6, 6.07) is 3.18. The number of rotatable bonds is 7. The van der Waals surface area contributed by atoms with Crippen LogP contribution in [0, 0.1) is 0 Å². The van der Waals surface area contributed by atoms with E-state index >= 15 is 0 Å². The van der Waals surface area contributed by atoms with Crippen LogP contribution in [0.1, 0.15) is 18.4 Å². The standard InChI is InChI=1S/C12H17N3O4/c1-19-10-5-4-9(7-14-10)8-15-12(18)13-6-2-3-11(16)17/h4-5,7H,2-3,6,8H2,1H3,(H,16,17)(H2,13,15,18). The Morgan fingerprint density at radius 2 is 2.16 bits per heavy atom. The van der Waals surface area contributed by atoms with Crippen molar-refractivity contribution >= 4 is 12.0 Å². The predicted octanol–water partition coefficient (Wildman–Crippen LogP) is 0.754. The highest BCUT2D eigenvalue weighted by molar-refractivity contribution is 5.73. The Balaban J connectivity index is 2.20. The fourth-order valence-electron chi connectivity index (χ4n) is 1.32. The molecule has 0 spiro atoms. The van der Waals surface area contributed by atoms with Crippen molar-refractivity contribution in [2.45, 2.75) is 19.4 Å². The molecule has 0 aliphatic rings. The number of carboxylic acid groups (broad SMARTS) is 1. The molecule has 0 saturated heterocycles. The Hall–Kier alpha value is -2.31. The van der Waals surface area contributed by atoms with E-state index in [1.807, 2.05) is 0 Å². The lowest BCUT2D eigenvalue weighted by atomic mass is 10.3. The van der Waals surface area contributed by atoms with Crippen LogP contribution in [0.25, 0.3) is 0 Å². The van der Waals surface area contributed by atoms with E-state index in [0.717, 1.165) is 5.56 Å². The number of methoxy groups -OCH3 is 1. The zero-order valence-electron chi connectivity index (χ0n) is 10.7. The number of urea groups is 1. The number of nitrogens with one attached hydrogen (secondary N) is 2. The normalized spacial score (nSPS) is 9.74. The summed E-state index contributed by atoms with van der Waals surface area (Å²) in [7, 11) is 1.53. The van der Waals surface area contributed by atoms with Gasteiger partial charge in [0.05, 0.1) is 7.11 Å². The van der Waals surface area contributed by atoms with E-state index in [1.165, 1.54) is 7.11 Å². The third kappa shape index (κ3) is 6.25. The van der Waals surface area contributed by atoms with E-state index in [2.05, 4.69) is 15.6 Å². The van der Waals surface area contributed by atoms with Gasteiger partial charge in [0.2, 0.25) is 5.88 Å². The molecule has 0 bridgehead atoms. The summed E-state index contributed by atoms with van der Waals surface area (Å²) in [6.07, 6.45) is 2.07. The minimum Gasteiger partial charge on any atom is -0.481 e. The molecule has 19 heavy (non-hydrogen) atoms. The maximum atomic E-state index is 11.4. The average molecular weight is 267 g/mol. The van der Waals surface area contributed by atoms with Crippen molar-refractivity contribution in [2.75, 3.05) is 13.7 Å². The molecule has 1 aromatic rings. The molecule has 0 unspecified atom stereocenters. The highest BCUT2D eigenvalue weighted by Crippen LogP contribution is 2.05. The van der Waals surface area contributed by atoms with Crippen LogP contribution in [-0.2, 0) is 11.3 Å². The third-order valence-electron chi connectivity index (χ3n) is 2.31. The summed E-state index contributed by atoms with van der Waals surface area (Å²) in [5.41, 5.74) is 0.849. The maximum Gasteiger partial charge on any atom is 0.315 e. The second-order valence-corrected chi connectivity index (χ2v) is 3.82. The van der Waals surface area contributed by atoms with E-state index in [4.69, 9.17) is 9.84 Å². The van der Waals surface area contributed by atoms with Crippen LogP contribution in [-0.4, -0.2) is 35.7 Å². The first-order valence-corrected chi connectivity index (χ1v) is 5.84. The van der Waals surface area contributed by atoms with E-state index in [0.29, 0.717) is 25.4 Å². The van der Waals surface area contributed by atoms with Crippen molar-refractivity contribution in [1.29, 1.82) is 0 Å². The number of carbonyl (C=O) groups is 2. The van der Waals surface area contributed by atoms with Crippen molar-refractivity contribution in [1.82, 2.24) is 15.6 Å². The second-order valence-electron chi connectivity index (χ2n) is 3.82. The van der Waals surface area contributed by atoms with Crippen LogP contribution in [0.15, 0.2) is 18.3 Å². The number of pyridine rings is 1. The molecule has 2 amide bonds. The van der Waals surface area contributed by atoms with Crippen molar-refractivity contribution in [2.24, 2.45) is 0 Å². The molecule has 3 N–H and O–H groups in total. The molecule has 0 aliphatic heterocycles. The summed E-state index contributed by atoms with van der Waals surface area (Å²) in [5.74, 6) is -0.353. The van der Waals surface area contributed by atoms with Gasteiger partial charge in [-0.05, 0) is 12.0 Å². The number of aliphatic carboxylic acids is 1. The Kier molecular flexibility index (Phi) is 6.14. The summed E-state index contributed by atoms with van der Waals surface area (Å²) >= 11 is 0. The molecular weight excluding hydrogens is 250 g/mol. The van der Waals surface area contributed by atoms with Gasteiger partial charge in [0, 0.05) is 31.8 Å². The Bertz CT molecular complexity index is 419. The second kappa shape index (κ2) is 7.91. The molecule has 104 valence electrons. The largest absolute Gasteiger partial charge is 0.481 e. The fourth-order valence-corrected chi connectivity index (χ4v) is 1.32. The zero-order valence-corrected chi connectivity index (χ0v) is 10.7. The van der Waals surface area contributed by atoms with Crippen LogP contribution >= 0.6 is 0 Å². The summed E-state index contributed by atoms with van der Waals surface area (Å²) < 4.78 is 4.92. The van der Waals surface area contributed by atoms with Crippen molar-refractivity contribution in [3.05, 3.63) is 23.9 Å². The van der Waals surface area contributed by atoms with E-state index in [9.17, 15) is 9.59 Å². The van der Waals surface area contributed by atoms with Gasteiger partial charge in [0.25, 0.3) is 0 Å². The highest BCUT2D eigenvalue weighted by atomic mass is 16.5. The minimum atomic E-state index is -0.869. The van der Waals surface area contributed by atoms with Gasteiger partial charge < -0.3 is 20.5 Å². The molecule has 0 radical (unpaired) electrons. The molecule has 0 atom stereocenters. The van der Waals surface area contributed by atoms with Crippen LogP contribution in [0.4, 0.5) is 4.79 Å². The third-order valence-corrected chi connectivity index (χ3v) is 2.31. The van der Waals surface area contributed by atoms with Gasteiger partial charge in [0.1, 0.15) is 0 Å². The van der Waals surface area contributed by atoms with Crippen LogP contribution in [0.5, 0.6) is 5.88 Å². The van der Waals surface area contributed by atoms with Gasteiger partial charge in [-0.1, -0.05) is 6.07 Å². The molecule has 1 aromatic heterocycles. The maximum absolute atomic E-state index is 11.4. The van der Waals surface area contributed by atoms with Gasteiger partial charge in [-0.15, -0.1) is 0 Å². The summed E-state index contributed by atoms with van der Waals surface area (Å²) in [5, 5.41) is 13.6. The highest BCUT2D eigenvalue weighted by Gasteiger charge is 2.02. The number of carboxylic acids is 1. The van der Waals surface area contributed by atoms with E-state index in [1.54, 1.807) is 18.3 Å². The zero-order chi connectivity index (χ0) is 14.1. The van der Waals surface area contributed by atoms with Gasteiger partial charge in [-0.2, -0.15) is 0 Å². The first kappa shape index (κ1) is 14.7. The smallest absolute Gasteiger partial charge is 0.315 e. The quantitative estimate of drug-likeness (QED) is 0.633. The molecule has 1 heterocycles. The number of amides is 2. The fraction of sp³-hybridized carbons (Fsp3) is 0.417. The van der Waals surface area contributed by atoms with Crippen molar-refractivity contribution < 1.29 is 19.4 Å². The Labute approximate surface area is 111 Å². The number of carbonyl (C=O) groups excluding carboxylic acids is 1. The first-order valence-electron chi connectivity index (χ1n) is 5.84. The number of aromatic nitrogens is 1. The Morgan fingerprint density at radius 3 is 2.74 bits per heavy atom. The van der Waals surface area contributed by atoms with Gasteiger partial charge in [-0.25, -0.2) is 9.78 Å². The molecule has 1 rings (SSSR count). The number of nitrogens with zero attached hydrogens (tertiary/aromatic N) is 1. The van der Waals surface area contributed by atoms with Crippen LogP contribution in [0.3, 0.4) is 0 Å². The average Bonchev–Trinajstić information content (AvgIpc) is 2.41. The molecule has 7 heteroatoms. The number of hydrogen-bond acceptors (Lipinski definition) is 4. The van der Waals surface area contributed by atoms with Crippen molar-refractivity contribution in [3.8, 4) is 5.88 Å². The van der Waals surface area contributed by atoms with E-state index in [-0.39, 0.29) is 12.5 Å². The minimum absolute atomic E-state index is 0.0443. The van der Waals surface area contributed by atoms with Gasteiger partial charge in [-0.3, -0.25) is 4.79 Å². The Morgan fingerprint density at radius 1 is 1.37 bits per heavy atom. The number of hydrogen-bond donors (Lipinski definition) is 3. The lowest BCUT2D eigenvalue weighted by Crippen LogP contribution is -2.35. The van der Waals surface area contributed by atoms with Crippen LogP contribution in [0.2, 0.25) is 0 Å². The molecule has 0 aliphatic carbocycles. The summed E-state index contributed by atoms with van der Waals surface area (Å²) in [6.45, 7) is 0.681. The molecule has 7 nitrogen and oxygen atoms in total. The molecule has 0 aromatic carbocycles. The van der Waals surface area contributed by atoms with Gasteiger partial charge in [0.15, 0.2) is 0 Å². The molecular formula is C12H17N3O4. The first-order chi connectivity index (χ1) is 9.11. The van der Waals surface area contributed by atoms with Crippen molar-refractivity contribution in [3.63, 3.8) is 0 Å². The van der Waals surface area contributed by atoms with Gasteiger partial charge >= 0.3 is 12.0 Å². The number of ether oxygens (including phenoxy) is 1. The monoisotopic (exact) mass is 267 g/mol. The lowest BCUT2D eigenvalue weighted by Gasteiger charge is -2.07. The molecule has 0 saturated carbocycles. The molecule has 0 fully saturated rings. The summed E-state index contributed by atoms with van der Waals surface area (Å²) in [4.78, 5) is 25.6. The predicted molar refractivity (Wildman–Crippen MR) is 67.9 cm³/mol. The van der Waals surface area contributed by atoms with Crippen LogP contribution < -0.4 is 15.4 Å².